The number of nitrogens with zero attached hydrogens (tertiary/aromatic N) is 1. The fraction of sp³-hybridized carbons (Fsp3) is 0.267. The van der Waals surface area contributed by atoms with Crippen molar-refractivity contribution in [2.45, 2.75) is 6.18 Å². The van der Waals surface area contributed by atoms with Gasteiger partial charge >= 0.3 is 12.1 Å². The number of esters is 1. The lowest BCUT2D eigenvalue weighted by Crippen LogP contribution is -2.30. The van der Waals surface area contributed by atoms with Gasteiger partial charge in [-0.25, -0.2) is 4.98 Å². The molecule has 0 aliphatic carbocycles. The molecule has 24 heavy (non-hydrogen) atoms. The van der Waals surface area contributed by atoms with E-state index in [1.165, 1.54) is 26.4 Å². The topological polar surface area (TPSA) is 77.5 Å². The van der Waals surface area contributed by atoms with Gasteiger partial charge in [0.25, 0.3) is 5.91 Å². The molecule has 9 heteroatoms. The van der Waals surface area contributed by atoms with Gasteiger partial charge in [-0.3, -0.25) is 9.59 Å². The zero-order chi connectivity index (χ0) is 17.9. The third-order valence-corrected chi connectivity index (χ3v) is 3.20. The molecule has 0 aliphatic rings. The van der Waals surface area contributed by atoms with Crippen LogP contribution in [0.25, 0.3) is 10.9 Å². The van der Waals surface area contributed by atoms with E-state index in [2.05, 4.69) is 15.0 Å². The Morgan fingerprint density at radius 1 is 1.17 bits per heavy atom. The van der Waals surface area contributed by atoms with Crippen molar-refractivity contribution in [2.75, 3.05) is 20.8 Å². The second-order valence-corrected chi connectivity index (χ2v) is 4.66. The first-order chi connectivity index (χ1) is 11.3. The summed E-state index contributed by atoms with van der Waals surface area (Å²) < 4.78 is 47.9. The molecule has 1 amide bonds. The predicted octanol–water partition coefficient (Wildman–Crippen LogP) is 2.17. The number of methoxy groups -OCH3 is 2. The van der Waals surface area contributed by atoms with Crippen molar-refractivity contribution in [1.29, 1.82) is 0 Å². The van der Waals surface area contributed by atoms with Crippen molar-refractivity contribution in [3.05, 3.63) is 35.5 Å². The number of nitrogens with one attached hydrogen (secondary N) is 1. The maximum absolute atomic E-state index is 12.8. The highest BCUT2D eigenvalue weighted by Gasteiger charge is 2.33. The highest BCUT2D eigenvalue weighted by molar-refractivity contribution is 6.08. The molecule has 0 radical (unpaired) electrons. The molecular weight excluding hydrogens is 329 g/mol. The molecule has 0 saturated heterocycles. The summed E-state index contributed by atoms with van der Waals surface area (Å²) in [7, 11) is 2.45. The summed E-state index contributed by atoms with van der Waals surface area (Å²) in [6.07, 6.45) is -4.62. The van der Waals surface area contributed by atoms with Crippen LogP contribution in [-0.4, -0.2) is 37.6 Å². The van der Waals surface area contributed by atoms with Gasteiger partial charge < -0.3 is 14.8 Å². The van der Waals surface area contributed by atoms with Gasteiger partial charge in [-0.15, -0.1) is 0 Å². The average molecular weight is 342 g/mol. The van der Waals surface area contributed by atoms with Crippen LogP contribution in [-0.2, 0) is 15.7 Å². The van der Waals surface area contributed by atoms with E-state index in [9.17, 15) is 22.8 Å². The number of benzene rings is 1. The minimum atomic E-state index is -4.62. The summed E-state index contributed by atoms with van der Waals surface area (Å²) in [5.41, 5.74) is -1.13. The number of carbonyl (C=O) groups is 2. The summed E-state index contributed by atoms with van der Waals surface area (Å²) in [4.78, 5) is 26.8. The molecule has 1 aromatic heterocycles. The molecule has 6 nitrogen and oxygen atoms in total. The molecule has 0 unspecified atom stereocenters. The van der Waals surface area contributed by atoms with Crippen LogP contribution in [0.1, 0.15) is 16.1 Å². The summed E-state index contributed by atoms with van der Waals surface area (Å²) in [6, 6.07) is 4.63. The van der Waals surface area contributed by atoms with E-state index in [0.29, 0.717) is 0 Å². The Labute approximate surface area is 134 Å². The Kier molecular flexibility index (Phi) is 4.91. The smallest absolute Gasteiger partial charge is 0.433 e. The van der Waals surface area contributed by atoms with Crippen LogP contribution < -0.4 is 10.1 Å². The van der Waals surface area contributed by atoms with Crippen LogP contribution in [0.15, 0.2) is 24.3 Å². The molecule has 0 saturated carbocycles. The second-order valence-electron chi connectivity index (χ2n) is 4.66. The lowest BCUT2D eigenvalue weighted by Gasteiger charge is -2.12. The predicted molar refractivity (Wildman–Crippen MR) is 77.6 cm³/mol. The number of carbonyl (C=O) groups excluding carboxylic acids is 2. The van der Waals surface area contributed by atoms with Crippen LogP contribution in [0, 0.1) is 0 Å². The largest absolute Gasteiger partial charge is 0.494 e. The number of alkyl halides is 3. The quantitative estimate of drug-likeness (QED) is 0.862. The SMILES string of the molecule is COC(=O)CNC(=O)c1ccc(OC)c2nc(C(F)(F)F)ccc12. The van der Waals surface area contributed by atoms with Gasteiger partial charge in [0.15, 0.2) is 0 Å². The number of rotatable bonds is 4. The van der Waals surface area contributed by atoms with Crippen LogP contribution in [0.3, 0.4) is 0 Å². The monoisotopic (exact) mass is 342 g/mol. The van der Waals surface area contributed by atoms with Gasteiger partial charge in [0, 0.05) is 10.9 Å². The first-order valence-electron chi connectivity index (χ1n) is 6.68. The van der Waals surface area contributed by atoms with E-state index in [1.807, 2.05) is 0 Å². The molecule has 1 aromatic carbocycles. The molecule has 1 N–H and O–H groups in total. The summed E-state index contributed by atoms with van der Waals surface area (Å²) >= 11 is 0. The minimum absolute atomic E-state index is 0.0657. The van der Waals surface area contributed by atoms with E-state index in [4.69, 9.17) is 4.74 Å². The first kappa shape index (κ1) is 17.5. The third-order valence-electron chi connectivity index (χ3n) is 3.20. The fourth-order valence-corrected chi connectivity index (χ4v) is 2.03. The molecule has 0 atom stereocenters. The van der Waals surface area contributed by atoms with Crippen LogP contribution in [0.5, 0.6) is 5.75 Å². The number of halogens is 3. The van der Waals surface area contributed by atoms with E-state index in [0.717, 1.165) is 12.1 Å². The molecule has 1 heterocycles. The van der Waals surface area contributed by atoms with Crippen LogP contribution in [0.4, 0.5) is 13.2 Å². The fourth-order valence-electron chi connectivity index (χ4n) is 2.03. The molecule has 0 aliphatic heterocycles. The lowest BCUT2D eigenvalue weighted by molar-refractivity contribution is -0.141. The summed E-state index contributed by atoms with van der Waals surface area (Å²) in [6.45, 7) is -0.364. The number of pyridine rings is 1. The zero-order valence-corrected chi connectivity index (χ0v) is 12.7. The van der Waals surface area contributed by atoms with Gasteiger partial charge in [-0.05, 0) is 24.3 Å². The maximum Gasteiger partial charge on any atom is 0.433 e. The number of amides is 1. The molecule has 128 valence electrons. The van der Waals surface area contributed by atoms with Gasteiger partial charge in [-0.1, -0.05) is 0 Å². The Morgan fingerprint density at radius 2 is 1.88 bits per heavy atom. The lowest BCUT2D eigenvalue weighted by atomic mass is 10.1. The molecule has 2 rings (SSSR count). The number of fused-ring (bicyclic) bond motifs is 1. The van der Waals surface area contributed by atoms with Crippen molar-refractivity contribution in [3.8, 4) is 5.75 Å². The first-order valence-corrected chi connectivity index (χ1v) is 6.68. The van der Waals surface area contributed by atoms with Crippen molar-refractivity contribution in [2.24, 2.45) is 0 Å². The maximum atomic E-state index is 12.8. The number of aromatic nitrogens is 1. The van der Waals surface area contributed by atoms with Crippen LogP contribution >= 0.6 is 0 Å². The highest BCUT2D eigenvalue weighted by Crippen LogP contribution is 2.33. The average Bonchev–Trinajstić information content (AvgIpc) is 2.56. The van der Waals surface area contributed by atoms with Crippen molar-refractivity contribution >= 4 is 22.8 Å². The Hall–Kier alpha value is -2.84. The standard InChI is InChI=1S/C15H13F3N2O4/c1-23-10-5-3-9(14(22)19-7-12(21)24-2)8-4-6-11(15(16,17)18)20-13(8)10/h3-6H,7H2,1-2H3,(H,19,22). The molecule has 0 fully saturated rings. The van der Waals surface area contributed by atoms with Gasteiger partial charge in [0.1, 0.15) is 23.5 Å². The van der Waals surface area contributed by atoms with Crippen LogP contribution in [0.2, 0.25) is 0 Å². The summed E-state index contributed by atoms with van der Waals surface area (Å²) in [5, 5.41) is 2.49. The van der Waals surface area contributed by atoms with Gasteiger partial charge in [0.05, 0.1) is 14.2 Å². The van der Waals surface area contributed by atoms with Gasteiger partial charge in [0.2, 0.25) is 0 Å². The Balaban J connectivity index is 2.49. The zero-order valence-electron chi connectivity index (χ0n) is 12.7. The Morgan fingerprint density at radius 3 is 2.46 bits per heavy atom. The van der Waals surface area contributed by atoms with Crippen molar-refractivity contribution in [1.82, 2.24) is 10.3 Å². The number of hydrogen-bond acceptors (Lipinski definition) is 5. The normalized spacial score (nSPS) is 11.2. The van der Waals surface area contributed by atoms with Crippen molar-refractivity contribution in [3.63, 3.8) is 0 Å². The second kappa shape index (κ2) is 6.73. The van der Waals surface area contributed by atoms with E-state index in [1.54, 1.807) is 0 Å². The molecule has 2 aromatic rings. The van der Waals surface area contributed by atoms with E-state index >= 15 is 0 Å². The van der Waals surface area contributed by atoms with Gasteiger partial charge in [-0.2, -0.15) is 13.2 Å². The highest BCUT2D eigenvalue weighted by atomic mass is 19.4. The molecule has 0 spiro atoms. The van der Waals surface area contributed by atoms with E-state index < -0.39 is 23.7 Å². The van der Waals surface area contributed by atoms with Crippen molar-refractivity contribution < 1.29 is 32.2 Å². The Bertz CT molecular complexity index is 790. The number of ether oxygens (including phenoxy) is 2. The minimum Gasteiger partial charge on any atom is -0.494 e. The van der Waals surface area contributed by atoms with E-state index in [-0.39, 0.29) is 28.8 Å². The molecule has 0 bridgehead atoms. The number of hydrogen-bond donors (Lipinski definition) is 1. The third kappa shape index (κ3) is 3.55. The summed E-state index contributed by atoms with van der Waals surface area (Å²) in [5.74, 6) is -1.20. The molecular formula is C15H13F3N2O4.